The number of ether oxygens (including phenoxy) is 3. The fraction of sp³-hybridized carbons (Fsp3) is 0.600. The van der Waals surface area contributed by atoms with Crippen molar-refractivity contribution in [1.29, 1.82) is 0 Å². The second kappa shape index (κ2) is 5.72. The van der Waals surface area contributed by atoms with E-state index in [0.29, 0.717) is 6.10 Å². The van der Waals surface area contributed by atoms with Crippen molar-refractivity contribution in [1.82, 2.24) is 0 Å². The van der Waals surface area contributed by atoms with E-state index in [9.17, 15) is 0 Å². The smallest absolute Gasteiger partial charge is 0.184 e. The minimum Gasteiger partial charge on any atom is -0.496 e. The number of hydrogen-bond donors (Lipinski definition) is 0. The van der Waals surface area contributed by atoms with Crippen LogP contribution in [0.15, 0.2) is 18.2 Å². The molecule has 0 aromatic heterocycles. The molecule has 0 amide bonds. The molecule has 0 spiro atoms. The minimum atomic E-state index is -0.247. The van der Waals surface area contributed by atoms with Gasteiger partial charge in [0.15, 0.2) is 6.29 Å². The largest absolute Gasteiger partial charge is 0.496 e. The first kappa shape index (κ1) is 13.4. The van der Waals surface area contributed by atoms with Crippen LogP contribution in [0.25, 0.3) is 0 Å². The summed E-state index contributed by atoms with van der Waals surface area (Å²) in [5, 5.41) is 0. The molecule has 100 valence electrons. The van der Waals surface area contributed by atoms with Gasteiger partial charge in [0.25, 0.3) is 0 Å². The molecule has 18 heavy (non-hydrogen) atoms. The van der Waals surface area contributed by atoms with Crippen LogP contribution in [0.3, 0.4) is 0 Å². The highest BCUT2D eigenvalue weighted by Crippen LogP contribution is 2.32. The molecule has 0 N–H and O–H groups in total. The zero-order valence-corrected chi connectivity index (χ0v) is 11.6. The van der Waals surface area contributed by atoms with E-state index in [-0.39, 0.29) is 12.4 Å². The maximum Gasteiger partial charge on any atom is 0.184 e. The van der Waals surface area contributed by atoms with E-state index < -0.39 is 0 Å². The summed E-state index contributed by atoms with van der Waals surface area (Å²) in [5.41, 5.74) is 2.17. The molecule has 1 aromatic carbocycles. The Balaban J connectivity index is 2.17. The monoisotopic (exact) mass is 250 g/mol. The van der Waals surface area contributed by atoms with Crippen LogP contribution in [-0.4, -0.2) is 19.3 Å². The molecule has 1 saturated heterocycles. The summed E-state index contributed by atoms with van der Waals surface area (Å²) in [7, 11) is 1.69. The van der Waals surface area contributed by atoms with Crippen molar-refractivity contribution < 1.29 is 14.2 Å². The Labute approximate surface area is 109 Å². The Kier molecular flexibility index (Phi) is 4.25. The highest BCUT2D eigenvalue weighted by molar-refractivity contribution is 5.36. The van der Waals surface area contributed by atoms with E-state index in [1.165, 1.54) is 0 Å². The van der Waals surface area contributed by atoms with Crippen molar-refractivity contribution >= 4 is 0 Å². The Morgan fingerprint density at radius 1 is 1.33 bits per heavy atom. The first-order valence-electron chi connectivity index (χ1n) is 6.59. The topological polar surface area (TPSA) is 27.7 Å². The summed E-state index contributed by atoms with van der Waals surface area (Å²) >= 11 is 0. The van der Waals surface area contributed by atoms with E-state index >= 15 is 0 Å². The summed E-state index contributed by atoms with van der Waals surface area (Å²) in [6.45, 7) is 6.29. The molecule has 1 heterocycles. The van der Waals surface area contributed by atoms with Gasteiger partial charge in [-0.1, -0.05) is 13.0 Å². The number of benzene rings is 1. The molecule has 1 aliphatic rings. The fourth-order valence-electron chi connectivity index (χ4n) is 2.37. The summed E-state index contributed by atoms with van der Waals surface area (Å²) < 4.78 is 17.1. The van der Waals surface area contributed by atoms with Crippen molar-refractivity contribution in [2.24, 2.45) is 0 Å². The van der Waals surface area contributed by atoms with Gasteiger partial charge in [-0.2, -0.15) is 0 Å². The third kappa shape index (κ3) is 2.85. The molecule has 1 aromatic rings. The van der Waals surface area contributed by atoms with E-state index in [1.807, 2.05) is 19.1 Å². The standard InChI is InChI=1S/C15H22O3/c1-5-13-9-11(3)17-15(18-13)12-6-7-14(16-4)10(2)8-12/h6-8,11,13,15H,5,9H2,1-4H3. The number of methoxy groups -OCH3 is 1. The predicted molar refractivity (Wildman–Crippen MR) is 70.8 cm³/mol. The third-order valence-electron chi connectivity index (χ3n) is 3.41. The van der Waals surface area contributed by atoms with Gasteiger partial charge in [-0.3, -0.25) is 0 Å². The molecular formula is C15H22O3. The predicted octanol–water partition coefficient (Wildman–Crippen LogP) is 3.61. The molecule has 1 fully saturated rings. The van der Waals surface area contributed by atoms with Gasteiger partial charge in [-0.05, 0) is 44.4 Å². The highest BCUT2D eigenvalue weighted by Gasteiger charge is 2.27. The molecule has 1 aliphatic heterocycles. The van der Waals surface area contributed by atoms with Crippen LogP contribution >= 0.6 is 0 Å². The summed E-state index contributed by atoms with van der Waals surface area (Å²) in [5.74, 6) is 0.898. The second-order valence-corrected chi connectivity index (χ2v) is 4.91. The van der Waals surface area contributed by atoms with Crippen LogP contribution in [0, 0.1) is 6.92 Å². The van der Waals surface area contributed by atoms with Gasteiger partial charge in [-0.25, -0.2) is 0 Å². The summed E-state index contributed by atoms with van der Waals surface area (Å²) in [4.78, 5) is 0. The zero-order valence-electron chi connectivity index (χ0n) is 11.6. The molecule has 2 rings (SSSR count). The Morgan fingerprint density at radius 2 is 2.11 bits per heavy atom. The lowest BCUT2D eigenvalue weighted by Gasteiger charge is -2.34. The van der Waals surface area contributed by atoms with Gasteiger partial charge in [0.1, 0.15) is 5.75 Å². The third-order valence-corrected chi connectivity index (χ3v) is 3.41. The Morgan fingerprint density at radius 3 is 2.72 bits per heavy atom. The molecule has 0 aliphatic carbocycles. The van der Waals surface area contributed by atoms with Crippen LogP contribution in [0.2, 0.25) is 0 Å². The second-order valence-electron chi connectivity index (χ2n) is 4.91. The average Bonchev–Trinajstić information content (AvgIpc) is 2.37. The van der Waals surface area contributed by atoms with Gasteiger partial charge in [0.05, 0.1) is 19.3 Å². The SMILES string of the molecule is CCC1CC(C)OC(c2ccc(OC)c(C)c2)O1. The van der Waals surface area contributed by atoms with Crippen LogP contribution in [-0.2, 0) is 9.47 Å². The molecule has 0 radical (unpaired) electrons. The van der Waals surface area contributed by atoms with Gasteiger partial charge in [0.2, 0.25) is 0 Å². The number of hydrogen-bond acceptors (Lipinski definition) is 3. The lowest BCUT2D eigenvalue weighted by atomic mass is 10.1. The minimum absolute atomic E-state index is 0.246. The van der Waals surface area contributed by atoms with Crippen LogP contribution < -0.4 is 4.74 Å². The summed E-state index contributed by atoms with van der Waals surface area (Å²) in [6, 6.07) is 6.06. The first-order valence-corrected chi connectivity index (χ1v) is 6.59. The zero-order chi connectivity index (χ0) is 13.1. The number of rotatable bonds is 3. The first-order chi connectivity index (χ1) is 8.63. The van der Waals surface area contributed by atoms with Crippen LogP contribution in [0.5, 0.6) is 5.75 Å². The Bertz CT molecular complexity index is 403. The van der Waals surface area contributed by atoms with Crippen molar-refractivity contribution in [3.8, 4) is 5.75 Å². The van der Waals surface area contributed by atoms with E-state index in [2.05, 4.69) is 19.9 Å². The maximum atomic E-state index is 5.96. The molecular weight excluding hydrogens is 228 g/mol. The summed E-state index contributed by atoms with van der Waals surface area (Å²) in [6.07, 6.45) is 2.29. The molecule has 3 heteroatoms. The van der Waals surface area contributed by atoms with E-state index in [0.717, 1.165) is 29.7 Å². The van der Waals surface area contributed by atoms with Crippen molar-refractivity contribution in [3.63, 3.8) is 0 Å². The van der Waals surface area contributed by atoms with Gasteiger partial charge < -0.3 is 14.2 Å². The highest BCUT2D eigenvalue weighted by atomic mass is 16.7. The van der Waals surface area contributed by atoms with Crippen molar-refractivity contribution in [3.05, 3.63) is 29.3 Å². The molecule has 0 saturated carbocycles. The normalized spacial score (nSPS) is 28.1. The van der Waals surface area contributed by atoms with Crippen molar-refractivity contribution in [2.45, 2.75) is 52.1 Å². The van der Waals surface area contributed by atoms with Gasteiger partial charge in [0, 0.05) is 5.56 Å². The van der Waals surface area contributed by atoms with Gasteiger partial charge in [-0.15, -0.1) is 0 Å². The van der Waals surface area contributed by atoms with Gasteiger partial charge >= 0.3 is 0 Å². The molecule has 3 nitrogen and oxygen atoms in total. The quantitative estimate of drug-likeness (QED) is 0.820. The number of aryl methyl sites for hydroxylation is 1. The molecule has 0 bridgehead atoms. The van der Waals surface area contributed by atoms with Crippen molar-refractivity contribution in [2.75, 3.05) is 7.11 Å². The Hall–Kier alpha value is -1.06. The lowest BCUT2D eigenvalue weighted by Crippen LogP contribution is -2.31. The van der Waals surface area contributed by atoms with Crippen LogP contribution in [0.1, 0.15) is 44.1 Å². The average molecular weight is 250 g/mol. The fourth-order valence-corrected chi connectivity index (χ4v) is 2.37. The molecule has 3 unspecified atom stereocenters. The maximum absolute atomic E-state index is 5.96. The van der Waals surface area contributed by atoms with E-state index in [1.54, 1.807) is 7.11 Å². The van der Waals surface area contributed by atoms with E-state index in [4.69, 9.17) is 14.2 Å². The lowest BCUT2D eigenvalue weighted by molar-refractivity contribution is -0.243. The molecule has 3 atom stereocenters. The van der Waals surface area contributed by atoms with Crippen LogP contribution in [0.4, 0.5) is 0 Å².